The van der Waals surface area contributed by atoms with Crippen LogP contribution >= 0.6 is 0 Å². The third-order valence-electron chi connectivity index (χ3n) is 13.6. The summed E-state index contributed by atoms with van der Waals surface area (Å²) in [5, 5.41) is 5.54. The van der Waals surface area contributed by atoms with Crippen LogP contribution in [0.15, 0.2) is 267 Å². The van der Waals surface area contributed by atoms with Crippen molar-refractivity contribution in [1.82, 2.24) is 0 Å². The van der Waals surface area contributed by atoms with Crippen molar-refractivity contribution in [2.24, 2.45) is 0 Å². The van der Waals surface area contributed by atoms with Gasteiger partial charge in [0.25, 0.3) is 0 Å². The first-order chi connectivity index (χ1) is 31.8. The van der Waals surface area contributed by atoms with Gasteiger partial charge in [-0.15, -0.1) is 0 Å². The summed E-state index contributed by atoms with van der Waals surface area (Å²) in [6, 6.07) is 99.0. The van der Waals surface area contributed by atoms with Crippen molar-refractivity contribution in [3.8, 4) is 11.1 Å². The fourth-order valence-corrected chi connectivity index (χ4v) is 16.2. The average Bonchev–Trinajstić information content (AvgIpc) is 3.38. The van der Waals surface area contributed by atoms with Crippen molar-refractivity contribution < 1.29 is 0 Å². The second-order valence-corrected chi connectivity index (χ2v) is 20.5. The van der Waals surface area contributed by atoms with Gasteiger partial charge in [-0.3, -0.25) is 0 Å². The predicted octanol–water partition coefficient (Wildman–Crippen LogP) is 12.7. The van der Waals surface area contributed by atoms with E-state index in [0.717, 1.165) is 22.5 Å². The lowest BCUT2D eigenvalue weighted by Crippen LogP contribution is -2.77. The van der Waals surface area contributed by atoms with E-state index in [1.54, 1.807) is 0 Å². The summed E-state index contributed by atoms with van der Waals surface area (Å²) in [6.07, 6.45) is 0. The first kappa shape index (κ1) is 37.8. The molecule has 2 aliphatic heterocycles. The van der Waals surface area contributed by atoms with Gasteiger partial charge in [-0.2, -0.15) is 0 Å². The molecule has 0 saturated heterocycles. The van der Waals surface area contributed by atoms with Gasteiger partial charge >= 0.3 is 0 Å². The fourth-order valence-electron chi connectivity index (χ4n) is 11.1. The monoisotopic (exact) mass is 832 g/mol. The van der Waals surface area contributed by atoms with Crippen molar-refractivity contribution in [2.45, 2.75) is 5.41 Å². The molecule has 0 spiro atoms. The van der Waals surface area contributed by atoms with E-state index in [2.05, 4.69) is 277 Å². The molecule has 0 radical (unpaired) electrons. The molecule has 0 N–H and O–H groups in total. The minimum atomic E-state index is -2.74. The summed E-state index contributed by atoms with van der Waals surface area (Å²) in [6.45, 7) is 0. The van der Waals surface area contributed by atoms with Crippen LogP contribution in [0, 0.1) is 0 Å². The summed E-state index contributed by atoms with van der Waals surface area (Å²) < 4.78 is 0. The molecule has 10 aromatic carbocycles. The van der Waals surface area contributed by atoms with Crippen molar-refractivity contribution in [3.05, 3.63) is 289 Å². The van der Waals surface area contributed by atoms with Crippen LogP contribution in [0.5, 0.6) is 0 Å². The van der Waals surface area contributed by atoms with Gasteiger partial charge in [0.2, 0.25) is 0 Å². The molecule has 0 amide bonds. The highest BCUT2D eigenvalue weighted by molar-refractivity contribution is 7.21. The molecule has 0 saturated carbocycles. The summed E-state index contributed by atoms with van der Waals surface area (Å²) in [5.74, 6) is 0. The molecular formula is C61H44N2Si. The number of para-hydroxylation sites is 5. The Morgan fingerprint density at radius 1 is 0.297 bits per heavy atom. The Kier molecular flexibility index (Phi) is 9.10. The number of hydrogen-bond donors (Lipinski definition) is 0. The Morgan fingerprint density at radius 3 is 1.22 bits per heavy atom. The molecule has 0 bridgehead atoms. The molecule has 0 unspecified atom stereocenters. The van der Waals surface area contributed by atoms with Crippen molar-refractivity contribution >= 4 is 62.9 Å². The van der Waals surface area contributed by atoms with Gasteiger partial charge in [-0.1, -0.05) is 224 Å². The lowest BCUT2D eigenvalue weighted by atomic mass is 9.62. The molecular weight excluding hydrogens is 789 g/mol. The SMILES string of the molecule is c1ccc(C2(c3ccccc3)c3ccccc3N(c3ccccc3-c3cccc(N4c5ccccc5[Si](c5ccccc5)(c5ccccc5)c5ccccc54)c3)c3ccccc32)cc1. The first-order valence-electron chi connectivity index (χ1n) is 22.2. The topological polar surface area (TPSA) is 6.48 Å². The maximum Gasteiger partial charge on any atom is 0.184 e. The number of rotatable bonds is 7. The summed E-state index contributed by atoms with van der Waals surface area (Å²) >= 11 is 0. The summed E-state index contributed by atoms with van der Waals surface area (Å²) in [7, 11) is -2.74. The molecule has 0 aromatic heterocycles. The highest BCUT2D eigenvalue weighted by Crippen LogP contribution is 2.58. The normalized spacial score (nSPS) is 14.1. The van der Waals surface area contributed by atoms with Gasteiger partial charge in [0.1, 0.15) is 0 Å². The number of fused-ring (bicyclic) bond motifs is 4. The Labute approximate surface area is 376 Å². The molecule has 0 aliphatic carbocycles. The quantitative estimate of drug-likeness (QED) is 0.148. The molecule has 64 heavy (non-hydrogen) atoms. The van der Waals surface area contributed by atoms with Crippen molar-refractivity contribution in [1.29, 1.82) is 0 Å². The van der Waals surface area contributed by atoms with Crippen molar-refractivity contribution in [2.75, 3.05) is 9.80 Å². The van der Waals surface area contributed by atoms with E-state index in [4.69, 9.17) is 0 Å². The molecule has 10 aromatic rings. The van der Waals surface area contributed by atoms with E-state index >= 15 is 0 Å². The molecule has 302 valence electrons. The van der Waals surface area contributed by atoms with Gasteiger partial charge in [-0.25, -0.2) is 0 Å². The maximum atomic E-state index is 2.51. The number of hydrogen-bond acceptors (Lipinski definition) is 2. The zero-order valence-electron chi connectivity index (χ0n) is 35.3. The van der Waals surface area contributed by atoms with Gasteiger partial charge in [0.15, 0.2) is 8.07 Å². The lowest BCUT2D eigenvalue weighted by molar-refractivity contribution is 0.731. The van der Waals surface area contributed by atoms with E-state index in [0.29, 0.717) is 0 Å². The van der Waals surface area contributed by atoms with Gasteiger partial charge in [0.05, 0.1) is 22.5 Å². The maximum absolute atomic E-state index is 2.74. The van der Waals surface area contributed by atoms with Crippen LogP contribution in [0.3, 0.4) is 0 Å². The van der Waals surface area contributed by atoms with E-state index in [-0.39, 0.29) is 0 Å². The highest BCUT2D eigenvalue weighted by Gasteiger charge is 2.49. The van der Waals surface area contributed by atoms with Gasteiger partial charge in [0, 0.05) is 22.6 Å². The van der Waals surface area contributed by atoms with E-state index < -0.39 is 13.5 Å². The summed E-state index contributed by atoms with van der Waals surface area (Å²) in [4.78, 5) is 5.01. The molecule has 0 atom stereocenters. The van der Waals surface area contributed by atoms with E-state index in [1.165, 1.54) is 65.8 Å². The minimum absolute atomic E-state index is 0.534. The number of benzene rings is 10. The zero-order chi connectivity index (χ0) is 42.5. The van der Waals surface area contributed by atoms with Crippen LogP contribution in [-0.2, 0) is 5.41 Å². The molecule has 2 heterocycles. The van der Waals surface area contributed by atoms with Crippen LogP contribution in [0.4, 0.5) is 34.1 Å². The number of nitrogens with zero attached hydrogens (tertiary/aromatic N) is 2. The predicted molar refractivity (Wildman–Crippen MR) is 270 cm³/mol. The molecule has 12 rings (SSSR count). The van der Waals surface area contributed by atoms with Crippen LogP contribution in [0.2, 0.25) is 0 Å². The van der Waals surface area contributed by atoms with Gasteiger partial charge in [-0.05, 0) is 91.0 Å². The molecule has 2 nitrogen and oxygen atoms in total. The third kappa shape index (κ3) is 5.58. The minimum Gasteiger partial charge on any atom is -0.311 e. The lowest BCUT2D eigenvalue weighted by Gasteiger charge is -2.46. The average molecular weight is 833 g/mol. The molecule has 0 fully saturated rings. The molecule has 2 aliphatic rings. The fraction of sp³-hybridized carbons (Fsp3) is 0.0164. The zero-order valence-corrected chi connectivity index (χ0v) is 36.3. The van der Waals surface area contributed by atoms with Crippen LogP contribution in [0.1, 0.15) is 22.3 Å². The van der Waals surface area contributed by atoms with E-state index in [9.17, 15) is 0 Å². The van der Waals surface area contributed by atoms with E-state index in [1.807, 2.05) is 0 Å². The number of anilines is 6. The van der Waals surface area contributed by atoms with Crippen LogP contribution in [-0.4, -0.2) is 8.07 Å². The van der Waals surface area contributed by atoms with Crippen molar-refractivity contribution in [3.63, 3.8) is 0 Å². The standard InChI is InChI=1S/C61H44N2Si/c1-5-25-46(26-6-1)61(47-27-7-2-8-28-47)52-35-14-17-38-55(52)63(56-39-18-15-36-53(56)61)54-37-16-13-34-51(54)45-24-23-29-48(44-45)62-57-40-19-21-42-59(57)64(49-30-9-3-10-31-49,50-32-11-4-12-33-50)60-43-22-20-41-58(60)62/h1-44H. The first-order valence-corrected chi connectivity index (χ1v) is 24.2. The van der Waals surface area contributed by atoms with Crippen LogP contribution < -0.4 is 30.5 Å². The molecule has 3 heteroatoms. The Hall–Kier alpha value is -7.98. The highest BCUT2D eigenvalue weighted by atomic mass is 28.3. The summed E-state index contributed by atoms with van der Waals surface area (Å²) in [5.41, 5.74) is 13.8. The Morgan fingerprint density at radius 2 is 0.703 bits per heavy atom. The second kappa shape index (κ2) is 15.4. The van der Waals surface area contributed by atoms with Crippen LogP contribution in [0.25, 0.3) is 11.1 Å². The third-order valence-corrected chi connectivity index (χ3v) is 18.4. The largest absolute Gasteiger partial charge is 0.311 e. The second-order valence-electron chi connectivity index (χ2n) is 16.8. The Balaban J connectivity index is 1.05. The Bertz CT molecular complexity index is 3120. The van der Waals surface area contributed by atoms with Gasteiger partial charge < -0.3 is 9.80 Å². The smallest absolute Gasteiger partial charge is 0.184 e.